The Balaban J connectivity index is 2.20. The first kappa shape index (κ1) is 7.74. The highest BCUT2D eigenvalue weighted by Gasteiger charge is 2.31. The Kier molecular flexibility index (Phi) is 1.85. The monoisotopic (exact) mass is 163 g/mol. The number of rotatable bonds is 2. The molecule has 1 heterocycles. The zero-order valence-corrected chi connectivity index (χ0v) is 7.20. The van der Waals surface area contributed by atoms with Crippen LogP contribution >= 0.6 is 0 Å². The number of nitrogens with zero attached hydrogens (tertiary/aromatic N) is 1. The van der Waals surface area contributed by atoms with E-state index < -0.39 is 0 Å². The molecule has 1 aromatic heterocycles. The topological polar surface area (TPSA) is 33.1 Å². The van der Waals surface area contributed by atoms with E-state index in [9.17, 15) is 5.11 Å². The fourth-order valence-electron chi connectivity index (χ4n) is 1.38. The molecule has 1 aliphatic carbocycles. The van der Waals surface area contributed by atoms with E-state index in [4.69, 9.17) is 0 Å². The van der Waals surface area contributed by atoms with Gasteiger partial charge in [0.05, 0.1) is 11.8 Å². The van der Waals surface area contributed by atoms with Crippen LogP contribution in [0.3, 0.4) is 0 Å². The summed E-state index contributed by atoms with van der Waals surface area (Å²) in [6, 6.07) is 5.79. The average molecular weight is 163 g/mol. The lowest BCUT2D eigenvalue weighted by atomic mass is 10.1. The van der Waals surface area contributed by atoms with Crippen molar-refractivity contribution in [1.82, 2.24) is 4.98 Å². The fourth-order valence-corrected chi connectivity index (χ4v) is 1.38. The summed E-state index contributed by atoms with van der Waals surface area (Å²) >= 11 is 0. The summed E-state index contributed by atoms with van der Waals surface area (Å²) in [6.07, 6.45) is 1.97. The molecule has 0 aromatic carbocycles. The van der Waals surface area contributed by atoms with Crippen LogP contribution in [0.4, 0.5) is 0 Å². The van der Waals surface area contributed by atoms with E-state index in [1.807, 2.05) is 25.1 Å². The molecule has 0 saturated heterocycles. The summed E-state index contributed by atoms with van der Waals surface area (Å²) in [4.78, 5) is 4.28. The fraction of sp³-hybridized carbons (Fsp3) is 0.500. The molecule has 2 heteroatoms. The van der Waals surface area contributed by atoms with Crippen molar-refractivity contribution in [3.63, 3.8) is 0 Å². The molecule has 64 valence electrons. The minimum Gasteiger partial charge on any atom is -0.387 e. The molecule has 0 amide bonds. The molecule has 0 aliphatic heterocycles. The average Bonchev–Trinajstić information content (AvgIpc) is 2.85. The predicted octanol–water partition coefficient (Wildman–Crippen LogP) is 1.83. The van der Waals surface area contributed by atoms with Crippen LogP contribution in [0, 0.1) is 12.8 Å². The summed E-state index contributed by atoms with van der Waals surface area (Å²) in [5.74, 6) is 0.472. The Morgan fingerprint density at radius 1 is 1.50 bits per heavy atom. The van der Waals surface area contributed by atoms with Gasteiger partial charge >= 0.3 is 0 Å². The van der Waals surface area contributed by atoms with Gasteiger partial charge in [-0.2, -0.15) is 0 Å². The molecule has 1 saturated carbocycles. The van der Waals surface area contributed by atoms with E-state index in [-0.39, 0.29) is 6.10 Å². The lowest BCUT2D eigenvalue weighted by molar-refractivity contribution is 0.149. The van der Waals surface area contributed by atoms with Gasteiger partial charge in [0, 0.05) is 5.69 Å². The largest absolute Gasteiger partial charge is 0.387 e. The third-order valence-electron chi connectivity index (χ3n) is 2.28. The van der Waals surface area contributed by atoms with E-state index in [1.54, 1.807) is 0 Å². The highest BCUT2D eigenvalue weighted by Crippen LogP contribution is 2.40. The second kappa shape index (κ2) is 2.87. The molecular formula is C10H13NO. The van der Waals surface area contributed by atoms with Crippen molar-refractivity contribution in [2.45, 2.75) is 25.9 Å². The van der Waals surface area contributed by atoms with Gasteiger partial charge in [-0.05, 0) is 37.8 Å². The summed E-state index contributed by atoms with van der Waals surface area (Å²) in [5, 5.41) is 9.72. The van der Waals surface area contributed by atoms with Crippen LogP contribution in [-0.4, -0.2) is 10.1 Å². The number of hydrogen-bond donors (Lipinski definition) is 1. The number of aryl methyl sites for hydroxylation is 1. The lowest BCUT2D eigenvalue weighted by Gasteiger charge is -2.08. The van der Waals surface area contributed by atoms with Crippen LogP contribution in [0.2, 0.25) is 0 Å². The van der Waals surface area contributed by atoms with Gasteiger partial charge < -0.3 is 5.11 Å². The highest BCUT2D eigenvalue weighted by atomic mass is 16.3. The van der Waals surface area contributed by atoms with Crippen molar-refractivity contribution >= 4 is 0 Å². The van der Waals surface area contributed by atoms with Crippen LogP contribution in [0.1, 0.15) is 30.3 Å². The molecule has 2 nitrogen and oxygen atoms in total. The summed E-state index contributed by atoms with van der Waals surface area (Å²) in [7, 11) is 0. The van der Waals surface area contributed by atoms with Gasteiger partial charge in [-0.25, -0.2) is 0 Å². The summed E-state index contributed by atoms with van der Waals surface area (Å²) in [5.41, 5.74) is 1.81. The lowest BCUT2D eigenvalue weighted by Crippen LogP contribution is -2.02. The molecule has 12 heavy (non-hydrogen) atoms. The maximum Gasteiger partial charge on any atom is 0.0987 e. The Bertz CT molecular complexity index is 281. The molecule has 1 N–H and O–H groups in total. The summed E-state index contributed by atoms with van der Waals surface area (Å²) in [6.45, 7) is 1.95. The molecule has 0 bridgehead atoms. The second-order valence-corrected chi connectivity index (χ2v) is 3.49. The number of aromatic nitrogens is 1. The van der Waals surface area contributed by atoms with Gasteiger partial charge in [0.2, 0.25) is 0 Å². The standard InChI is InChI=1S/C10H13NO/c1-7-3-2-4-9(11-7)10(12)8-5-6-8/h2-4,8,10,12H,5-6H2,1H3. The van der Waals surface area contributed by atoms with Crippen LogP contribution in [0.25, 0.3) is 0 Å². The molecule has 2 rings (SSSR count). The number of hydrogen-bond acceptors (Lipinski definition) is 2. The first-order valence-electron chi connectivity index (χ1n) is 4.39. The van der Waals surface area contributed by atoms with E-state index in [0.29, 0.717) is 5.92 Å². The quantitative estimate of drug-likeness (QED) is 0.721. The van der Waals surface area contributed by atoms with Crippen molar-refractivity contribution in [3.8, 4) is 0 Å². The van der Waals surface area contributed by atoms with Gasteiger partial charge in [-0.15, -0.1) is 0 Å². The Morgan fingerprint density at radius 3 is 2.83 bits per heavy atom. The van der Waals surface area contributed by atoms with Crippen molar-refractivity contribution in [1.29, 1.82) is 0 Å². The van der Waals surface area contributed by atoms with Crippen LogP contribution in [0.5, 0.6) is 0 Å². The third kappa shape index (κ3) is 1.48. The van der Waals surface area contributed by atoms with Crippen molar-refractivity contribution in [2.75, 3.05) is 0 Å². The molecule has 1 unspecified atom stereocenters. The molecule has 0 spiro atoms. The van der Waals surface area contributed by atoms with E-state index >= 15 is 0 Å². The van der Waals surface area contributed by atoms with Crippen molar-refractivity contribution in [2.24, 2.45) is 5.92 Å². The molecule has 1 aromatic rings. The minimum absolute atomic E-state index is 0.329. The predicted molar refractivity (Wildman–Crippen MR) is 46.7 cm³/mol. The number of pyridine rings is 1. The van der Waals surface area contributed by atoms with Crippen LogP contribution in [0.15, 0.2) is 18.2 Å². The van der Waals surface area contributed by atoms with Crippen molar-refractivity contribution in [3.05, 3.63) is 29.6 Å². The number of aliphatic hydroxyl groups excluding tert-OH is 1. The molecule has 1 fully saturated rings. The smallest absolute Gasteiger partial charge is 0.0987 e. The van der Waals surface area contributed by atoms with E-state index in [2.05, 4.69) is 4.98 Å². The van der Waals surface area contributed by atoms with Crippen LogP contribution < -0.4 is 0 Å². The Morgan fingerprint density at radius 2 is 2.25 bits per heavy atom. The number of aliphatic hydroxyl groups is 1. The van der Waals surface area contributed by atoms with Gasteiger partial charge in [-0.1, -0.05) is 6.07 Å². The summed E-state index contributed by atoms with van der Waals surface area (Å²) < 4.78 is 0. The SMILES string of the molecule is Cc1cccc(C(O)C2CC2)n1. The molecule has 0 radical (unpaired) electrons. The first-order valence-corrected chi connectivity index (χ1v) is 4.39. The Hall–Kier alpha value is -0.890. The van der Waals surface area contributed by atoms with Crippen molar-refractivity contribution < 1.29 is 5.11 Å². The van der Waals surface area contributed by atoms with Crippen LogP contribution in [-0.2, 0) is 0 Å². The maximum atomic E-state index is 9.72. The van der Waals surface area contributed by atoms with Gasteiger partial charge in [0.25, 0.3) is 0 Å². The maximum absolute atomic E-state index is 9.72. The van der Waals surface area contributed by atoms with Gasteiger partial charge in [-0.3, -0.25) is 4.98 Å². The molecule has 1 aliphatic rings. The second-order valence-electron chi connectivity index (χ2n) is 3.49. The third-order valence-corrected chi connectivity index (χ3v) is 2.28. The normalized spacial score (nSPS) is 19.2. The van der Waals surface area contributed by atoms with E-state index in [1.165, 1.54) is 0 Å². The highest BCUT2D eigenvalue weighted by molar-refractivity contribution is 5.13. The minimum atomic E-state index is -0.329. The first-order chi connectivity index (χ1) is 5.77. The zero-order valence-electron chi connectivity index (χ0n) is 7.20. The van der Waals surface area contributed by atoms with E-state index in [0.717, 1.165) is 24.2 Å². The Labute approximate surface area is 72.3 Å². The van der Waals surface area contributed by atoms with Gasteiger partial charge in [0.1, 0.15) is 0 Å². The zero-order chi connectivity index (χ0) is 8.55. The molecule has 1 atom stereocenters. The molecular weight excluding hydrogens is 150 g/mol. The van der Waals surface area contributed by atoms with Gasteiger partial charge in [0.15, 0.2) is 0 Å².